The molecule has 0 radical (unpaired) electrons. The smallest absolute Gasteiger partial charge is 0.345 e. The third-order valence-electron chi connectivity index (χ3n) is 3.83. The standard InChI is InChI=1S/C19H14ClN3O5S/c1-11(28-18(25)14-9-13(20)7-8-16(14)23(26)27)17(24)22-19-21-15(10-29-19)12-5-3-2-4-6-12/h2-11H,1H3,(H,21,22,24)/t11-/m1/s1. The maximum Gasteiger partial charge on any atom is 0.345 e. The number of carbonyl (C=O) groups is 2. The van der Waals surface area contributed by atoms with Crippen LogP contribution in [0.2, 0.25) is 5.02 Å². The van der Waals surface area contributed by atoms with E-state index in [1.807, 2.05) is 30.3 Å². The van der Waals surface area contributed by atoms with Gasteiger partial charge in [-0.15, -0.1) is 11.3 Å². The highest BCUT2D eigenvalue weighted by molar-refractivity contribution is 7.14. The lowest BCUT2D eigenvalue weighted by Crippen LogP contribution is -2.30. The van der Waals surface area contributed by atoms with Crippen LogP contribution in [0.25, 0.3) is 11.3 Å². The first-order valence-electron chi connectivity index (χ1n) is 8.32. The summed E-state index contributed by atoms with van der Waals surface area (Å²) >= 11 is 7.03. The van der Waals surface area contributed by atoms with Crippen molar-refractivity contribution < 1.29 is 19.2 Å². The van der Waals surface area contributed by atoms with Crippen molar-refractivity contribution in [2.75, 3.05) is 5.32 Å². The number of hydrogen-bond acceptors (Lipinski definition) is 7. The van der Waals surface area contributed by atoms with Crippen LogP contribution < -0.4 is 5.32 Å². The molecule has 0 unspecified atom stereocenters. The minimum atomic E-state index is -1.20. The van der Waals surface area contributed by atoms with E-state index in [9.17, 15) is 19.7 Å². The molecule has 0 saturated heterocycles. The van der Waals surface area contributed by atoms with Crippen molar-refractivity contribution in [2.45, 2.75) is 13.0 Å². The molecule has 2 aromatic carbocycles. The van der Waals surface area contributed by atoms with Gasteiger partial charge in [-0.25, -0.2) is 9.78 Å². The van der Waals surface area contributed by atoms with Crippen LogP contribution in [0.1, 0.15) is 17.3 Å². The summed E-state index contributed by atoms with van der Waals surface area (Å²) < 4.78 is 5.07. The minimum absolute atomic E-state index is 0.135. The first-order chi connectivity index (χ1) is 13.8. The first-order valence-corrected chi connectivity index (χ1v) is 9.57. The summed E-state index contributed by atoms with van der Waals surface area (Å²) in [4.78, 5) is 39.3. The summed E-state index contributed by atoms with van der Waals surface area (Å²) in [6.45, 7) is 1.36. The van der Waals surface area contributed by atoms with Crippen LogP contribution >= 0.6 is 22.9 Å². The van der Waals surface area contributed by atoms with Gasteiger partial charge in [-0.1, -0.05) is 41.9 Å². The number of amides is 1. The van der Waals surface area contributed by atoms with Crippen LogP contribution in [0.3, 0.4) is 0 Å². The number of benzene rings is 2. The van der Waals surface area contributed by atoms with E-state index in [1.54, 1.807) is 5.38 Å². The summed E-state index contributed by atoms with van der Waals surface area (Å²) in [6.07, 6.45) is -1.20. The highest BCUT2D eigenvalue weighted by atomic mass is 35.5. The molecule has 0 aliphatic carbocycles. The molecule has 1 amide bonds. The number of carbonyl (C=O) groups excluding carboxylic acids is 2. The number of nitrogens with one attached hydrogen (secondary N) is 1. The van der Waals surface area contributed by atoms with E-state index in [0.29, 0.717) is 10.8 Å². The average molecular weight is 432 g/mol. The maximum atomic E-state index is 12.3. The number of ether oxygens (including phenoxy) is 1. The molecule has 1 atom stereocenters. The fraction of sp³-hybridized carbons (Fsp3) is 0.105. The fourth-order valence-corrected chi connectivity index (χ4v) is 3.28. The number of esters is 1. The van der Waals surface area contributed by atoms with Crippen LogP contribution in [0, 0.1) is 10.1 Å². The Bertz CT molecular complexity index is 1070. The molecule has 0 aliphatic rings. The molecule has 0 aliphatic heterocycles. The van der Waals surface area contributed by atoms with E-state index in [2.05, 4.69) is 10.3 Å². The number of nitrogens with zero attached hydrogens (tertiary/aromatic N) is 2. The van der Waals surface area contributed by atoms with Gasteiger partial charge in [0.05, 0.1) is 10.6 Å². The monoisotopic (exact) mass is 431 g/mol. The molecule has 29 heavy (non-hydrogen) atoms. The number of hydrogen-bond donors (Lipinski definition) is 1. The summed E-state index contributed by atoms with van der Waals surface area (Å²) in [6, 6.07) is 12.9. The zero-order valence-electron chi connectivity index (χ0n) is 15.0. The molecule has 3 rings (SSSR count). The van der Waals surface area contributed by atoms with Gasteiger partial charge >= 0.3 is 5.97 Å². The Labute approximate surface area is 174 Å². The molecule has 10 heteroatoms. The van der Waals surface area contributed by atoms with Crippen molar-refractivity contribution in [3.05, 3.63) is 74.6 Å². The minimum Gasteiger partial charge on any atom is -0.449 e. The van der Waals surface area contributed by atoms with Crippen LogP contribution in [0.4, 0.5) is 10.8 Å². The summed E-state index contributed by atoms with van der Waals surface area (Å²) in [5, 5.41) is 15.9. The number of thiazole rings is 1. The molecule has 0 fully saturated rings. The third kappa shape index (κ3) is 4.95. The molecular formula is C19H14ClN3O5S. The number of aromatic nitrogens is 1. The van der Waals surface area contributed by atoms with Gasteiger partial charge in [0, 0.05) is 22.0 Å². The number of halogens is 1. The molecule has 0 saturated carbocycles. The lowest BCUT2D eigenvalue weighted by molar-refractivity contribution is -0.385. The van der Waals surface area contributed by atoms with E-state index in [4.69, 9.17) is 16.3 Å². The average Bonchev–Trinajstić information content (AvgIpc) is 3.16. The molecular weight excluding hydrogens is 418 g/mol. The normalized spacial score (nSPS) is 11.5. The number of nitro benzene ring substituents is 1. The van der Waals surface area contributed by atoms with Crippen LogP contribution in [0.5, 0.6) is 0 Å². The van der Waals surface area contributed by atoms with Crippen LogP contribution in [-0.2, 0) is 9.53 Å². The van der Waals surface area contributed by atoms with Gasteiger partial charge in [0.2, 0.25) is 0 Å². The Morgan fingerprint density at radius 3 is 2.66 bits per heavy atom. The lowest BCUT2D eigenvalue weighted by Gasteiger charge is -2.12. The Morgan fingerprint density at radius 1 is 1.24 bits per heavy atom. The Hall–Kier alpha value is -3.30. The van der Waals surface area contributed by atoms with Gasteiger partial charge in [0.1, 0.15) is 5.56 Å². The van der Waals surface area contributed by atoms with Gasteiger partial charge in [0.25, 0.3) is 11.6 Å². The van der Waals surface area contributed by atoms with E-state index >= 15 is 0 Å². The van der Waals surface area contributed by atoms with E-state index < -0.39 is 28.6 Å². The van der Waals surface area contributed by atoms with Crippen molar-refractivity contribution in [2.24, 2.45) is 0 Å². The quantitative estimate of drug-likeness (QED) is 0.348. The molecule has 0 spiro atoms. The largest absolute Gasteiger partial charge is 0.449 e. The van der Waals surface area contributed by atoms with Crippen LogP contribution in [-0.4, -0.2) is 27.9 Å². The molecule has 3 aromatic rings. The molecule has 1 aromatic heterocycles. The summed E-state index contributed by atoms with van der Waals surface area (Å²) in [5.41, 5.74) is 0.810. The topological polar surface area (TPSA) is 111 Å². The Balaban J connectivity index is 1.67. The number of nitro groups is 1. The molecule has 0 bridgehead atoms. The summed E-state index contributed by atoms with van der Waals surface area (Å²) in [7, 11) is 0. The molecule has 1 N–H and O–H groups in total. The molecule has 8 nitrogen and oxygen atoms in total. The Morgan fingerprint density at radius 2 is 1.97 bits per heavy atom. The SMILES string of the molecule is C[C@@H](OC(=O)c1cc(Cl)ccc1[N+](=O)[O-])C(=O)Nc1nc(-c2ccccc2)cs1. The maximum absolute atomic E-state index is 12.3. The highest BCUT2D eigenvalue weighted by Gasteiger charge is 2.26. The predicted octanol–water partition coefficient (Wildman–Crippen LogP) is 4.56. The molecule has 148 valence electrons. The number of rotatable bonds is 6. The third-order valence-corrected chi connectivity index (χ3v) is 4.82. The second kappa shape index (κ2) is 8.80. The van der Waals surface area contributed by atoms with Gasteiger partial charge in [-0.05, 0) is 19.1 Å². The van der Waals surface area contributed by atoms with Crippen molar-refractivity contribution in [1.29, 1.82) is 0 Å². The number of anilines is 1. The van der Waals surface area contributed by atoms with Crippen LogP contribution in [0.15, 0.2) is 53.9 Å². The predicted molar refractivity (Wildman–Crippen MR) is 109 cm³/mol. The molecule has 1 heterocycles. The van der Waals surface area contributed by atoms with Crippen molar-refractivity contribution in [1.82, 2.24) is 4.98 Å². The highest BCUT2D eigenvalue weighted by Crippen LogP contribution is 2.26. The van der Waals surface area contributed by atoms with Gasteiger partial charge in [-0.2, -0.15) is 0 Å². The van der Waals surface area contributed by atoms with Crippen molar-refractivity contribution in [3.63, 3.8) is 0 Å². The van der Waals surface area contributed by atoms with Gasteiger partial charge < -0.3 is 4.74 Å². The fourth-order valence-electron chi connectivity index (χ4n) is 2.39. The van der Waals surface area contributed by atoms with Gasteiger partial charge in [0.15, 0.2) is 11.2 Å². The second-order valence-corrected chi connectivity index (χ2v) is 7.15. The zero-order chi connectivity index (χ0) is 21.0. The van der Waals surface area contributed by atoms with Crippen molar-refractivity contribution >= 4 is 45.6 Å². The Kier molecular flexibility index (Phi) is 6.20. The zero-order valence-corrected chi connectivity index (χ0v) is 16.6. The second-order valence-electron chi connectivity index (χ2n) is 5.86. The van der Waals surface area contributed by atoms with E-state index in [0.717, 1.165) is 17.7 Å². The lowest BCUT2D eigenvalue weighted by atomic mass is 10.2. The van der Waals surface area contributed by atoms with Crippen molar-refractivity contribution in [3.8, 4) is 11.3 Å². The summed E-state index contributed by atoms with van der Waals surface area (Å²) in [5.74, 6) is -1.64. The first kappa shape index (κ1) is 20.4. The van der Waals surface area contributed by atoms with E-state index in [1.165, 1.54) is 24.3 Å². The van der Waals surface area contributed by atoms with E-state index in [-0.39, 0.29) is 10.6 Å². The van der Waals surface area contributed by atoms with Gasteiger partial charge in [-0.3, -0.25) is 20.2 Å².